The predicted molar refractivity (Wildman–Crippen MR) is 107 cm³/mol. The molecular formula is C21H25N3O4. The summed E-state index contributed by atoms with van der Waals surface area (Å²) in [6.45, 7) is 4.00. The summed E-state index contributed by atoms with van der Waals surface area (Å²) in [5, 5.41) is 9.42. The van der Waals surface area contributed by atoms with Crippen molar-refractivity contribution in [2.75, 3.05) is 39.3 Å². The van der Waals surface area contributed by atoms with Crippen molar-refractivity contribution < 1.29 is 18.6 Å². The molecule has 1 fully saturated rings. The van der Waals surface area contributed by atoms with E-state index in [0.29, 0.717) is 40.6 Å². The van der Waals surface area contributed by atoms with Crippen LogP contribution in [0.3, 0.4) is 0 Å². The van der Waals surface area contributed by atoms with Gasteiger partial charge in [0, 0.05) is 19.2 Å². The number of ether oxygens (including phenoxy) is 3. The molecule has 2 aromatic rings. The molecule has 1 aromatic carbocycles. The minimum absolute atomic E-state index is 0.319. The average Bonchev–Trinajstić information content (AvgIpc) is 3.15. The van der Waals surface area contributed by atoms with Crippen molar-refractivity contribution in [3.63, 3.8) is 0 Å². The highest BCUT2D eigenvalue weighted by Gasteiger charge is 2.23. The van der Waals surface area contributed by atoms with E-state index in [1.807, 2.05) is 18.2 Å². The smallest absolute Gasteiger partial charge is 0.235 e. The molecule has 0 spiro atoms. The Balaban J connectivity index is 1.86. The molecule has 28 heavy (non-hydrogen) atoms. The van der Waals surface area contributed by atoms with Crippen LogP contribution in [0.15, 0.2) is 16.5 Å². The number of nitriles is 1. The van der Waals surface area contributed by atoms with Gasteiger partial charge < -0.3 is 23.5 Å². The van der Waals surface area contributed by atoms with Crippen molar-refractivity contribution in [2.45, 2.75) is 19.8 Å². The van der Waals surface area contributed by atoms with Crippen LogP contribution in [0, 0.1) is 17.2 Å². The zero-order valence-electron chi connectivity index (χ0n) is 16.7. The Bertz CT molecular complexity index is 865. The second-order valence-electron chi connectivity index (χ2n) is 6.78. The summed E-state index contributed by atoms with van der Waals surface area (Å²) < 4.78 is 22.0. The van der Waals surface area contributed by atoms with Crippen LogP contribution in [0.25, 0.3) is 12.2 Å². The lowest BCUT2D eigenvalue weighted by Gasteiger charge is -2.29. The van der Waals surface area contributed by atoms with Crippen molar-refractivity contribution in [3.05, 3.63) is 29.3 Å². The van der Waals surface area contributed by atoms with E-state index >= 15 is 0 Å². The van der Waals surface area contributed by atoms with Crippen molar-refractivity contribution in [1.29, 1.82) is 5.26 Å². The van der Waals surface area contributed by atoms with Gasteiger partial charge in [0.25, 0.3) is 0 Å². The van der Waals surface area contributed by atoms with Crippen LogP contribution < -0.4 is 19.1 Å². The molecule has 0 bridgehead atoms. The van der Waals surface area contributed by atoms with Gasteiger partial charge >= 0.3 is 0 Å². The maximum atomic E-state index is 9.42. The molecule has 7 nitrogen and oxygen atoms in total. The number of piperidine rings is 1. The third-order valence-electron chi connectivity index (χ3n) is 4.91. The third kappa shape index (κ3) is 4.06. The summed E-state index contributed by atoms with van der Waals surface area (Å²) in [5.41, 5.74) is 1.15. The fourth-order valence-corrected chi connectivity index (χ4v) is 3.26. The first-order valence-corrected chi connectivity index (χ1v) is 9.23. The van der Waals surface area contributed by atoms with Crippen molar-refractivity contribution in [1.82, 2.24) is 4.98 Å². The van der Waals surface area contributed by atoms with E-state index in [1.165, 1.54) is 0 Å². The van der Waals surface area contributed by atoms with E-state index < -0.39 is 0 Å². The molecule has 0 N–H and O–H groups in total. The summed E-state index contributed by atoms with van der Waals surface area (Å²) in [7, 11) is 4.71. The molecule has 0 unspecified atom stereocenters. The van der Waals surface area contributed by atoms with Gasteiger partial charge in [-0.05, 0) is 42.5 Å². The lowest BCUT2D eigenvalue weighted by Crippen LogP contribution is -2.32. The normalized spacial score (nSPS) is 14.9. The number of hydrogen-bond donors (Lipinski definition) is 0. The van der Waals surface area contributed by atoms with Gasteiger partial charge in [0.2, 0.25) is 23.2 Å². The first-order chi connectivity index (χ1) is 13.6. The van der Waals surface area contributed by atoms with E-state index in [9.17, 15) is 5.26 Å². The van der Waals surface area contributed by atoms with Gasteiger partial charge in [0.1, 0.15) is 6.07 Å². The fraction of sp³-hybridized carbons (Fsp3) is 0.429. The molecule has 2 heterocycles. The first-order valence-electron chi connectivity index (χ1n) is 9.23. The van der Waals surface area contributed by atoms with Crippen LogP contribution in [-0.4, -0.2) is 39.4 Å². The van der Waals surface area contributed by atoms with E-state index in [0.717, 1.165) is 31.5 Å². The van der Waals surface area contributed by atoms with E-state index in [4.69, 9.17) is 18.6 Å². The highest BCUT2D eigenvalue weighted by Crippen LogP contribution is 2.38. The minimum atomic E-state index is 0.319. The summed E-state index contributed by atoms with van der Waals surface area (Å²) in [6.07, 6.45) is 5.74. The Morgan fingerprint density at radius 1 is 1.11 bits per heavy atom. The van der Waals surface area contributed by atoms with Crippen LogP contribution in [-0.2, 0) is 0 Å². The van der Waals surface area contributed by atoms with Crippen molar-refractivity contribution >= 4 is 18.0 Å². The van der Waals surface area contributed by atoms with E-state index in [1.54, 1.807) is 27.4 Å². The number of benzene rings is 1. The van der Waals surface area contributed by atoms with Gasteiger partial charge in [-0.15, -0.1) is 0 Å². The molecule has 7 heteroatoms. The Hall–Kier alpha value is -3.14. The standard InChI is InChI=1S/C21H25N3O4/c1-14-7-9-24(10-8-14)21-16(13-22)23-19(28-21)6-5-15-11-17(25-2)20(27-4)18(12-15)26-3/h5-6,11-12,14H,7-10H2,1-4H3/b6-5+. The van der Waals surface area contributed by atoms with E-state index in [2.05, 4.69) is 22.9 Å². The molecule has 1 saturated heterocycles. The molecule has 0 radical (unpaired) electrons. The number of methoxy groups -OCH3 is 3. The first kappa shape index (κ1) is 19.6. The quantitative estimate of drug-likeness (QED) is 0.746. The molecule has 0 amide bonds. The number of nitrogens with zero attached hydrogens (tertiary/aromatic N) is 3. The third-order valence-corrected chi connectivity index (χ3v) is 4.91. The van der Waals surface area contributed by atoms with Crippen LogP contribution in [0.2, 0.25) is 0 Å². The van der Waals surface area contributed by atoms with Crippen molar-refractivity contribution in [3.8, 4) is 23.3 Å². The molecule has 0 aliphatic carbocycles. The zero-order valence-corrected chi connectivity index (χ0v) is 16.7. The average molecular weight is 383 g/mol. The second kappa shape index (κ2) is 8.70. The molecular weight excluding hydrogens is 358 g/mol. The Labute approximate surface area is 165 Å². The van der Waals surface area contributed by atoms with Gasteiger partial charge in [0.15, 0.2) is 11.5 Å². The van der Waals surface area contributed by atoms with Crippen LogP contribution in [0.5, 0.6) is 17.2 Å². The van der Waals surface area contributed by atoms with Crippen LogP contribution in [0.1, 0.15) is 36.9 Å². The molecule has 1 aromatic heterocycles. The molecule has 0 saturated carbocycles. The zero-order chi connectivity index (χ0) is 20.1. The summed E-state index contributed by atoms with van der Waals surface area (Å²) >= 11 is 0. The molecule has 148 valence electrons. The maximum Gasteiger partial charge on any atom is 0.235 e. The van der Waals surface area contributed by atoms with Gasteiger partial charge in [-0.3, -0.25) is 0 Å². The minimum Gasteiger partial charge on any atom is -0.493 e. The Morgan fingerprint density at radius 2 is 1.75 bits per heavy atom. The number of hydrogen-bond acceptors (Lipinski definition) is 7. The molecule has 3 rings (SSSR count). The van der Waals surface area contributed by atoms with Gasteiger partial charge in [0.05, 0.1) is 21.3 Å². The molecule has 0 atom stereocenters. The number of rotatable bonds is 6. The summed E-state index contributed by atoms with van der Waals surface area (Å²) in [6, 6.07) is 5.80. The van der Waals surface area contributed by atoms with Crippen LogP contribution in [0.4, 0.5) is 5.88 Å². The van der Waals surface area contributed by atoms with Gasteiger partial charge in [-0.1, -0.05) is 6.92 Å². The highest BCUT2D eigenvalue weighted by atomic mass is 16.5. The largest absolute Gasteiger partial charge is 0.493 e. The topological polar surface area (TPSA) is 80.8 Å². The van der Waals surface area contributed by atoms with Gasteiger partial charge in [-0.2, -0.15) is 10.2 Å². The van der Waals surface area contributed by atoms with Gasteiger partial charge in [-0.25, -0.2) is 0 Å². The number of anilines is 1. The maximum absolute atomic E-state index is 9.42. The highest BCUT2D eigenvalue weighted by molar-refractivity contribution is 5.71. The Kier molecular flexibility index (Phi) is 6.09. The van der Waals surface area contributed by atoms with E-state index in [-0.39, 0.29) is 0 Å². The van der Waals surface area contributed by atoms with Crippen LogP contribution >= 0.6 is 0 Å². The summed E-state index contributed by atoms with van der Waals surface area (Å²) in [4.78, 5) is 6.41. The van der Waals surface area contributed by atoms with Crippen molar-refractivity contribution in [2.24, 2.45) is 5.92 Å². The Morgan fingerprint density at radius 3 is 2.29 bits per heavy atom. The molecule has 1 aliphatic heterocycles. The number of oxazole rings is 1. The molecule has 1 aliphatic rings. The fourth-order valence-electron chi connectivity index (χ4n) is 3.26. The second-order valence-corrected chi connectivity index (χ2v) is 6.78. The monoisotopic (exact) mass is 383 g/mol. The number of aromatic nitrogens is 1. The lowest BCUT2D eigenvalue weighted by molar-refractivity contribution is 0.324. The lowest BCUT2D eigenvalue weighted by atomic mass is 9.99. The summed E-state index contributed by atoms with van der Waals surface area (Å²) in [5.74, 6) is 3.30. The SMILES string of the molecule is COc1cc(/C=C/c2nc(C#N)c(N3CCC(C)CC3)o2)cc(OC)c1OC. The predicted octanol–water partition coefficient (Wildman–Crippen LogP) is 3.98.